The number of methoxy groups -OCH3 is 1. The number of likely N-dealkylation sites (N-methyl/N-ethyl adjacent to an activating group) is 2. The van der Waals surface area contributed by atoms with Crippen molar-refractivity contribution >= 4 is 18.0 Å². The zero-order chi connectivity index (χ0) is 24.4. The molecule has 0 radical (unpaired) electrons. The van der Waals surface area contributed by atoms with Crippen molar-refractivity contribution in [2.45, 2.75) is 45.4 Å². The van der Waals surface area contributed by atoms with E-state index in [0.29, 0.717) is 12.8 Å². The maximum Gasteiger partial charge on any atom is 0.410 e. The Hall–Kier alpha value is -3.35. The molecule has 178 valence electrons. The van der Waals surface area contributed by atoms with Crippen LogP contribution < -0.4 is 0 Å². The maximum atomic E-state index is 13.6. The van der Waals surface area contributed by atoms with Crippen LogP contribution >= 0.6 is 0 Å². The third-order valence-corrected chi connectivity index (χ3v) is 5.91. The number of esters is 1. The summed E-state index contributed by atoms with van der Waals surface area (Å²) in [6, 6.07) is 17.2. The molecule has 0 N–H and O–H groups in total. The number of carbonyl (C=O) groups is 3. The van der Waals surface area contributed by atoms with Gasteiger partial charge in [0.1, 0.15) is 18.7 Å². The van der Waals surface area contributed by atoms with Crippen molar-refractivity contribution in [3.63, 3.8) is 0 Å². The second kappa shape index (κ2) is 12.6. The van der Waals surface area contributed by atoms with Crippen LogP contribution in [-0.4, -0.2) is 61.1 Å². The van der Waals surface area contributed by atoms with Crippen LogP contribution in [0.5, 0.6) is 0 Å². The molecule has 2 aromatic carbocycles. The van der Waals surface area contributed by atoms with Gasteiger partial charge in [-0.3, -0.25) is 9.69 Å². The van der Waals surface area contributed by atoms with Gasteiger partial charge in [0.15, 0.2) is 0 Å². The first-order valence-electron chi connectivity index (χ1n) is 11.1. The second-order valence-electron chi connectivity index (χ2n) is 8.16. The van der Waals surface area contributed by atoms with Crippen molar-refractivity contribution < 1.29 is 23.9 Å². The molecular formula is C26H34N2O5. The minimum atomic E-state index is -0.815. The van der Waals surface area contributed by atoms with Gasteiger partial charge in [-0.05, 0) is 17.0 Å². The summed E-state index contributed by atoms with van der Waals surface area (Å²) in [6.45, 7) is 3.97. The Morgan fingerprint density at radius 3 is 1.94 bits per heavy atom. The topological polar surface area (TPSA) is 76.2 Å². The van der Waals surface area contributed by atoms with Crippen LogP contribution in [0.15, 0.2) is 60.7 Å². The van der Waals surface area contributed by atoms with E-state index in [9.17, 15) is 14.4 Å². The Morgan fingerprint density at radius 2 is 1.42 bits per heavy atom. The van der Waals surface area contributed by atoms with Gasteiger partial charge in [0.2, 0.25) is 5.91 Å². The van der Waals surface area contributed by atoms with Gasteiger partial charge >= 0.3 is 12.1 Å². The summed E-state index contributed by atoms with van der Waals surface area (Å²) < 4.78 is 10.4. The minimum Gasteiger partial charge on any atom is -0.467 e. The van der Waals surface area contributed by atoms with Crippen LogP contribution in [0.3, 0.4) is 0 Å². The Labute approximate surface area is 196 Å². The van der Waals surface area contributed by atoms with E-state index in [-0.39, 0.29) is 18.4 Å². The van der Waals surface area contributed by atoms with Crippen molar-refractivity contribution in [3.05, 3.63) is 71.8 Å². The van der Waals surface area contributed by atoms with E-state index in [2.05, 4.69) is 0 Å². The first-order valence-corrected chi connectivity index (χ1v) is 11.1. The summed E-state index contributed by atoms with van der Waals surface area (Å²) in [5, 5.41) is 0. The predicted octanol–water partition coefficient (Wildman–Crippen LogP) is 3.91. The molecule has 7 heteroatoms. The van der Waals surface area contributed by atoms with Crippen LogP contribution in [0.2, 0.25) is 0 Å². The second-order valence-corrected chi connectivity index (χ2v) is 8.16. The molecule has 0 heterocycles. The van der Waals surface area contributed by atoms with E-state index >= 15 is 0 Å². The number of rotatable bonds is 10. The van der Waals surface area contributed by atoms with Crippen molar-refractivity contribution in [1.29, 1.82) is 0 Å². The van der Waals surface area contributed by atoms with E-state index in [1.54, 1.807) is 14.1 Å². The van der Waals surface area contributed by atoms with Gasteiger partial charge in [0.05, 0.1) is 7.11 Å². The molecule has 0 bridgehead atoms. The lowest BCUT2D eigenvalue weighted by molar-refractivity contribution is -0.154. The lowest BCUT2D eigenvalue weighted by Crippen LogP contribution is -2.55. The number of hydrogen-bond acceptors (Lipinski definition) is 5. The Balaban J connectivity index is 2.20. The molecule has 7 nitrogen and oxygen atoms in total. The van der Waals surface area contributed by atoms with E-state index in [0.717, 1.165) is 11.1 Å². The first-order chi connectivity index (χ1) is 15.8. The Bertz CT molecular complexity index is 903. The molecular weight excluding hydrogens is 420 g/mol. The van der Waals surface area contributed by atoms with E-state index in [1.165, 1.54) is 16.9 Å². The molecule has 0 aliphatic heterocycles. The fourth-order valence-electron chi connectivity index (χ4n) is 3.66. The molecule has 0 fully saturated rings. The van der Waals surface area contributed by atoms with Crippen LogP contribution in [0.4, 0.5) is 4.79 Å². The van der Waals surface area contributed by atoms with Crippen molar-refractivity contribution in [3.8, 4) is 0 Å². The average molecular weight is 455 g/mol. The summed E-state index contributed by atoms with van der Waals surface area (Å²) in [5.74, 6) is -0.994. The Kier molecular flexibility index (Phi) is 9.91. The van der Waals surface area contributed by atoms with Gasteiger partial charge < -0.3 is 14.4 Å². The smallest absolute Gasteiger partial charge is 0.410 e. The van der Waals surface area contributed by atoms with Gasteiger partial charge in [0, 0.05) is 20.5 Å². The highest BCUT2D eigenvalue weighted by atomic mass is 16.6. The quantitative estimate of drug-likeness (QED) is 0.509. The van der Waals surface area contributed by atoms with Gasteiger partial charge in [-0.2, -0.15) is 0 Å². The number of nitrogens with zero attached hydrogens (tertiary/aromatic N) is 2. The number of hydrogen-bond donors (Lipinski definition) is 0. The molecule has 33 heavy (non-hydrogen) atoms. The summed E-state index contributed by atoms with van der Waals surface area (Å²) in [4.78, 5) is 41.7. The zero-order valence-corrected chi connectivity index (χ0v) is 20.1. The average Bonchev–Trinajstić information content (AvgIpc) is 2.85. The number of benzene rings is 2. The highest BCUT2D eigenvalue weighted by Gasteiger charge is 2.38. The highest BCUT2D eigenvalue weighted by molar-refractivity contribution is 5.90. The molecule has 2 rings (SSSR count). The molecule has 0 unspecified atom stereocenters. The van der Waals surface area contributed by atoms with Crippen LogP contribution in [-0.2, 0) is 32.1 Å². The predicted molar refractivity (Wildman–Crippen MR) is 126 cm³/mol. The number of amides is 2. The minimum absolute atomic E-state index is 0.111. The van der Waals surface area contributed by atoms with Gasteiger partial charge in [0.25, 0.3) is 0 Å². The SMILES string of the molecule is CC[C@H](C)[C@@H](C(=O)N(C)[C@@H](Cc1ccccc1)C(=O)OC)N(C)C(=O)OCc1ccccc1. The molecule has 0 saturated heterocycles. The molecule has 3 atom stereocenters. The fourth-order valence-corrected chi connectivity index (χ4v) is 3.66. The van der Waals surface area contributed by atoms with Crippen molar-refractivity contribution in [2.24, 2.45) is 5.92 Å². The molecule has 2 amide bonds. The van der Waals surface area contributed by atoms with Crippen molar-refractivity contribution in [1.82, 2.24) is 9.80 Å². The third kappa shape index (κ3) is 7.07. The van der Waals surface area contributed by atoms with E-state index < -0.39 is 24.1 Å². The van der Waals surface area contributed by atoms with Crippen LogP contribution in [0.25, 0.3) is 0 Å². The number of ether oxygens (including phenoxy) is 2. The fraction of sp³-hybridized carbons (Fsp3) is 0.423. The van der Waals surface area contributed by atoms with Gasteiger partial charge in [-0.15, -0.1) is 0 Å². The van der Waals surface area contributed by atoms with Crippen LogP contribution in [0.1, 0.15) is 31.4 Å². The van der Waals surface area contributed by atoms with Crippen LogP contribution in [0, 0.1) is 5.92 Å². The van der Waals surface area contributed by atoms with E-state index in [4.69, 9.17) is 9.47 Å². The lowest BCUT2D eigenvalue weighted by atomic mass is 9.95. The number of carbonyl (C=O) groups excluding carboxylic acids is 3. The summed E-state index contributed by atoms with van der Waals surface area (Å²) in [6.07, 6.45) is 0.386. The van der Waals surface area contributed by atoms with Gasteiger partial charge in [-0.25, -0.2) is 9.59 Å². The maximum absolute atomic E-state index is 13.6. The Morgan fingerprint density at radius 1 is 0.879 bits per heavy atom. The summed E-state index contributed by atoms with van der Waals surface area (Å²) >= 11 is 0. The monoisotopic (exact) mass is 454 g/mol. The molecule has 0 saturated carbocycles. The normalized spacial score (nSPS) is 13.4. The first kappa shape index (κ1) is 25.9. The van der Waals surface area contributed by atoms with Crippen molar-refractivity contribution in [2.75, 3.05) is 21.2 Å². The molecule has 0 aliphatic carbocycles. The van der Waals surface area contributed by atoms with E-state index in [1.807, 2.05) is 74.5 Å². The highest BCUT2D eigenvalue weighted by Crippen LogP contribution is 2.20. The lowest BCUT2D eigenvalue weighted by Gasteiger charge is -2.36. The largest absolute Gasteiger partial charge is 0.467 e. The molecule has 0 aromatic heterocycles. The van der Waals surface area contributed by atoms with Gasteiger partial charge in [-0.1, -0.05) is 80.9 Å². The molecule has 0 aliphatic rings. The zero-order valence-electron chi connectivity index (χ0n) is 20.1. The molecule has 0 spiro atoms. The summed E-state index contributed by atoms with van der Waals surface area (Å²) in [5.41, 5.74) is 1.76. The summed E-state index contributed by atoms with van der Waals surface area (Å²) in [7, 11) is 4.43. The standard InChI is InChI=1S/C26H34N2O5/c1-6-19(2)23(28(4)26(31)33-18-21-15-11-8-12-16-21)24(29)27(3)22(25(30)32-5)17-20-13-9-7-10-14-20/h7-16,19,22-23H,6,17-18H2,1-5H3/t19-,22-,23-/m0/s1. The third-order valence-electron chi connectivity index (χ3n) is 5.91. The molecule has 2 aromatic rings.